The number of hydrogen-bond donors (Lipinski definition) is 1. The van der Waals surface area contributed by atoms with E-state index in [1.54, 1.807) is 0 Å². The second-order valence-corrected chi connectivity index (χ2v) is 5.94. The number of phenols is 1. The predicted molar refractivity (Wildman–Crippen MR) is 90.2 cm³/mol. The Morgan fingerprint density at radius 3 is 2.21 bits per heavy atom. The van der Waals surface area contributed by atoms with E-state index in [1.807, 2.05) is 0 Å². The van der Waals surface area contributed by atoms with Crippen molar-refractivity contribution in [3.63, 3.8) is 0 Å². The highest BCUT2D eigenvalue weighted by molar-refractivity contribution is 5.95. The topological polar surface area (TPSA) is 72.8 Å². The van der Waals surface area contributed by atoms with Crippen LogP contribution in [-0.4, -0.2) is 17.0 Å². The molecule has 1 heterocycles. The summed E-state index contributed by atoms with van der Waals surface area (Å²) in [6.45, 7) is 2.19. The minimum Gasteiger partial charge on any atom is -0.508 e. The first-order valence-electron chi connectivity index (χ1n) is 8.58. The van der Waals surface area contributed by atoms with Crippen LogP contribution in [0.25, 0.3) is 0 Å². The van der Waals surface area contributed by atoms with Crippen molar-refractivity contribution in [2.24, 2.45) is 0 Å². The lowest BCUT2D eigenvalue weighted by atomic mass is 10.0. The van der Waals surface area contributed by atoms with Crippen molar-refractivity contribution in [1.29, 1.82) is 0 Å². The molecule has 0 fully saturated rings. The summed E-state index contributed by atoms with van der Waals surface area (Å²) in [6.07, 6.45) is 10.6. The van der Waals surface area contributed by atoms with Gasteiger partial charge < -0.3 is 14.6 Å². The average molecular weight is 332 g/mol. The highest BCUT2D eigenvalue weighted by Crippen LogP contribution is 2.39. The van der Waals surface area contributed by atoms with E-state index in [0.29, 0.717) is 12.0 Å². The largest absolute Gasteiger partial charge is 0.508 e. The van der Waals surface area contributed by atoms with E-state index in [9.17, 15) is 14.7 Å². The van der Waals surface area contributed by atoms with Gasteiger partial charge in [-0.1, -0.05) is 45.4 Å². The molecular weight excluding hydrogens is 308 g/mol. The standard InChI is InChI=1S/C19H24O5/c1-2-3-4-5-6-7-8-9-14-15(20)10-11-16-19(14)24-18(22)13-12-17(21)23-16/h10-13,20H,2-9H2,1H3/b13-12-. The van der Waals surface area contributed by atoms with Gasteiger partial charge in [-0.05, 0) is 25.0 Å². The van der Waals surface area contributed by atoms with Crippen molar-refractivity contribution in [1.82, 2.24) is 0 Å². The number of esters is 2. The molecule has 1 aliphatic rings. The fraction of sp³-hybridized carbons (Fsp3) is 0.474. The minimum atomic E-state index is -0.653. The lowest BCUT2D eigenvalue weighted by Crippen LogP contribution is -2.14. The highest BCUT2D eigenvalue weighted by atomic mass is 16.6. The fourth-order valence-electron chi connectivity index (χ4n) is 2.70. The number of hydrogen-bond acceptors (Lipinski definition) is 5. The second kappa shape index (κ2) is 9.11. The van der Waals surface area contributed by atoms with Gasteiger partial charge >= 0.3 is 11.9 Å². The van der Waals surface area contributed by atoms with E-state index in [2.05, 4.69) is 6.92 Å². The number of benzene rings is 1. The van der Waals surface area contributed by atoms with Crippen LogP contribution in [0.1, 0.15) is 57.4 Å². The zero-order valence-electron chi connectivity index (χ0n) is 14.0. The second-order valence-electron chi connectivity index (χ2n) is 5.94. The molecule has 1 aromatic rings. The van der Waals surface area contributed by atoms with Crippen LogP contribution in [0.15, 0.2) is 24.3 Å². The third-order valence-corrected chi connectivity index (χ3v) is 4.00. The maximum Gasteiger partial charge on any atom is 0.336 e. The van der Waals surface area contributed by atoms with E-state index in [4.69, 9.17) is 9.47 Å². The Balaban J connectivity index is 2.02. The molecule has 130 valence electrons. The molecular formula is C19H24O5. The van der Waals surface area contributed by atoms with Crippen molar-refractivity contribution < 1.29 is 24.2 Å². The van der Waals surface area contributed by atoms with Crippen LogP contribution < -0.4 is 9.47 Å². The van der Waals surface area contributed by atoms with E-state index >= 15 is 0 Å². The van der Waals surface area contributed by atoms with Crippen molar-refractivity contribution in [2.45, 2.75) is 58.3 Å². The third kappa shape index (κ3) is 5.11. The molecule has 2 rings (SSSR count). The first-order chi connectivity index (χ1) is 11.6. The van der Waals surface area contributed by atoms with Gasteiger partial charge in [0.25, 0.3) is 0 Å². The van der Waals surface area contributed by atoms with Gasteiger partial charge in [0.05, 0.1) is 0 Å². The van der Waals surface area contributed by atoms with Gasteiger partial charge in [0.15, 0.2) is 11.5 Å². The molecule has 0 saturated heterocycles. The molecule has 1 aliphatic heterocycles. The van der Waals surface area contributed by atoms with E-state index in [-0.39, 0.29) is 17.2 Å². The van der Waals surface area contributed by atoms with Gasteiger partial charge in [0, 0.05) is 17.7 Å². The molecule has 1 aromatic carbocycles. The van der Waals surface area contributed by atoms with Crippen LogP contribution in [0.3, 0.4) is 0 Å². The van der Waals surface area contributed by atoms with Crippen molar-refractivity contribution in [3.8, 4) is 17.2 Å². The molecule has 0 atom stereocenters. The van der Waals surface area contributed by atoms with Crippen LogP contribution in [-0.2, 0) is 16.0 Å². The number of phenolic OH excluding ortho intramolecular Hbond substituents is 1. The molecule has 5 heteroatoms. The van der Waals surface area contributed by atoms with Gasteiger partial charge in [-0.25, -0.2) is 9.59 Å². The Hall–Kier alpha value is -2.30. The number of fused-ring (bicyclic) bond motifs is 1. The predicted octanol–water partition coefficient (Wildman–Crippen LogP) is 4.07. The molecule has 24 heavy (non-hydrogen) atoms. The first kappa shape index (κ1) is 18.0. The van der Waals surface area contributed by atoms with E-state index < -0.39 is 11.9 Å². The Morgan fingerprint density at radius 1 is 0.875 bits per heavy atom. The number of aromatic hydroxyl groups is 1. The van der Waals surface area contributed by atoms with Gasteiger partial charge in [-0.2, -0.15) is 0 Å². The van der Waals surface area contributed by atoms with E-state index in [0.717, 1.165) is 31.4 Å². The highest BCUT2D eigenvalue weighted by Gasteiger charge is 2.21. The minimum absolute atomic E-state index is 0.0492. The molecule has 0 spiro atoms. The molecule has 0 unspecified atom stereocenters. The summed E-state index contributed by atoms with van der Waals surface area (Å²) in [6, 6.07) is 2.89. The number of rotatable bonds is 8. The lowest BCUT2D eigenvalue weighted by molar-refractivity contribution is -0.133. The fourth-order valence-corrected chi connectivity index (χ4v) is 2.70. The maximum atomic E-state index is 11.7. The van der Waals surface area contributed by atoms with Gasteiger partial charge in [-0.3, -0.25) is 0 Å². The van der Waals surface area contributed by atoms with Crippen molar-refractivity contribution in [2.75, 3.05) is 0 Å². The molecule has 1 N–H and O–H groups in total. The summed E-state index contributed by atoms with van der Waals surface area (Å²) in [4.78, 5) is 23.2. The quantitative estimate of drug-likeness (QED) is 0.441. The summed E-state index contributed by atoms with van der Waals surface area (Å²) in [5.74, 6) is -0.940. The monoisotopic (exact) mass is 332 g/mol. The molecule has 0 saturated carbocycles. The molecule has 5 nitrogen and oxygen atoms in total. The molecule has 0 amide bonds. The summed E-state index contributed by atoms with van der Waals surface area (Å²) in [5, 5.41) is 10.1. The molecule has 0 radical (unpaired) electrons. The molecule has 0 aromatic heterocycles. The van der Waals surface area contributed by atoms with Crippen LogP contribution in [0.2, 0.25) is 0 Å². The Bertz CT molecular complexity index is 618. The number of carbonyl (C=O) groups is 2. The molecule has 0 aliphatic carbocycles. The van der Waals surface area contributed by atoms with Gasteiger partial charge in [0.2, 0.25) is 0 Å². The Kier molecular flexibility index (Phi) is 6.85. The Labute approximate surface area is 142 Å². The van der Waals surface area contributed by atoms with E-state index in [1.165, 1.54) is 37.8 Å². The maximum absolute atomic E-state index is 11.7. The summed E-state index contributed by atoms with van der Waals surface area (Å²) < 4.78 is 10.4. The SMILES string of the molecule is CCCCCCCCCc1c(O)ccc2c1OC(=O)/C=C\C(=O)O2. The zero-order chi connectivity index (χ0) is 17.4. The number of carbonyl (C=O) groups excluding carboxylic acids is 2. The van der Waals surface area contributed by atoms with Gasteiger partial charge in [0.1, 0.15) is 5.75 Å². The summed E-state index contributed by atoms with van der Waals surface area (Å²) in [5.41, 5.74) is 0.512. The number of unbranched alkanes of at least 4 members (excludes halogenated alkanes) is 6. The Morgan fingerprint density at radius 2 is 1.50 bits per heavy atom. The van der Waals surface area contributed by atoms with Crippen molar-refractivity contribution in [3.05, 3.63) is 29.8 Å². The number of ether oxygens (including phenoxy) is 2. The zero-order valence-corrected chi connectivity index (χ0v) is 14.0. The van der Waals surface area contributed by atoms with Crippen LogP contribution >= 0.6 is 0 Å². The third-order valence-electron chi connectivity index (χ3n) is 4.00. The van der Waals surface area contributed by atoms with Gasteiger partial charge in [-0.15, -0.1) is 0 Å². The summed E-state index contributed by atoms with van der Waals surface area (Å²) >= 11 is 0. The molecule has 0 bridgehead atoms. The van der Waals surface area contributed by atoms with Crippen LogP contribution in [0.4, 0.5) is 0 Å². The summed E-state index contributed by atoms with van der Waals surface area (Å²) in [7, 11) is 0. The smallest absolute Gasteiger partial charge is 0.336 e. The normalized spacial score (nSPS) is 15.0. The van der Waals surface area contributed by atoms with Crippen LogP contribution in [0, 0.1) is 0 Å². The lowest BCUT2D eigenvalue weighted by Gasteiger charge is -2.16. The average Bonchev–Trinajstić information content (AvgIpc) is 2.55. The van der Waals surface area contributed by atoms with Crippen molar-refractivity contribution >= 4 is 11.9 Å². The first-order valence-corrected chi connectivity index (χ1v) is 8.58. The van der Waals surface area contributed by atoms with Crippen LogP contribution in [0.5, 0.6) is 17.2 Å².